The van der Waals surface area contributed by atoms with Crippen molar-refractivity contribution in [2.75, 3.05) is 0 Å². The number of aromatic nitrogens is 2. The van der Waals surface area contributed by atoms with Gasteiger partial charge in [0, 0.05) is 24.2 Å². The first-order valence-electron chi connectivity index (χ1n) is 3.88. The quantitative estimate of drug-likeness (QED) is 0.647. The van der Waals surface area contributed by atoms with Gasteiger partial charge in [0.25, 0.3) is 0 Å². The number of nitrogens with zero attached hydrogens (tertiary/aromatic N) is 2. The van der Waals surface area contributed by atoms with Crippen molar-refractivity contribution in [3.05, 3.63) is 48.0 Å². The standard InChI is InChI=1S/C10H7ClN2/c11-10-6-8(3-5-13-10)9-2-1-4-12-7-9/h1-7H. The lowest BCUT2D eigenvalue weighted by Crippen LogP contribution is -1.80. The molecule has 0 aliphatic rings. The van der Waals surface area contributed by atoms with E-state index in [1.165, 1.54) is 0 Å². The molecule has 0 bridgehead atoms. The van der Waals surface area contributed by atoms with Crippen LogP contribution in [0.3, 0.4) is 0 Å². The van der Waals surface area contributed by atoms with Gasteiger partial charge in [-0.3, -0.25) is 4.98 Å². The fourth-order valence-corrected chi connectivity index (χ4v) is 1.29. The molecule has 0 aliphatic heterocycles. The second kappa shape index (κ2) is 3.54. The molecule has 0 saturated carbocycles. The molecule has 0 amide bonds. The Morgan fingerprint density at radius 3 is 2.69 bits per heavy atom. The Balaban J connectivity index is 2.48. The molecular formula is C10H7ClN2. The van der Waals surface area contributed by atoms with Crippen LogP contribution in [0, 0.1) is 0 Å². The van der Waals surface area contributed by atoms with E-state index in [2.05, 4.69) is 9.97 Å². The lowest BCUT2D eigenvalue weighted by Gasteiger charge is -1.99. The minimum Gasteiger partial charge on any atom is -0.264 e. The Hall–Kier alpha value is -1.41. The van der Waals surface area contributed by atoms with Gasteiger partial charge < -0.3 is 0 Å². The van der Waals surface area contributed by atoms with Crippen LogP contribution < -0.4 is 0 Å². The molecule has 64 valence electrons. The van der Waals surface area contributed by atoms with Crippen LogP contribution in [0.25, 0.3) is 11.1 Å². The molecule has 0 unspecified atom stereocenters. The van der Waals surface area contributed by atoms with E-state index in [4.69, 9.17) is 11.6 Å². The van der Waals surface area contributed by atoms with E-state index < -0.39 is 0 Å². The average Bonchev–Trinajstić information content (AvgIpc) is 2.19. The van der Waals surface area contributed by atoms with Gasteiger partial charge in [-0.1, -0.05) is 17.7 Å². The lowest BCUT2D eigenvalue weighted by molar-refractivity contribution is 1.30. The molecule has 0 saturated heterocycles. The Labute approximate surface area is 81.2 Å². The highest BCUT2D eigenvalue weighted by Gasteiger charge is 1.97. The van der Waals surface area contributed by atoms with Crippen LogP contribution >= 0.6 is 11.6 Å². The first kappa shape index (κ1) is 8.20. The summed E-state index contributed by atoms with van der Waals surface area (Å²) in [5.41, 5.74) is 2.08. The Kier molecular flexibility index (Phi) is 2.23. The number of hydrogen-bond donors (Lipinski definition) is 0. The third kappa shape index (κ3) is 1.84. The van der Waals surface area contributed by atoms with Gasteiger partial charge in [-0.15, -0.1) is 0 Å². The second-order valence-electron chi connectivity index (χ2n) is 2.61. The average molecular weight is 191 g/mol. The van der Waals surface area contributed by atoms with Crippen LogP contribution in [0.4, 0.5) is 0 Å². The molecule has 2 aromatic rings. The van der Waals surface area contributed by atoms with Crippen molar-refractivity contribution in [2.45, 2.75) is 0 Å². The van der Waals surface area contributed by atoms with E-state index in [1.54, 1.807) is 18.6 Å². The van der Waals surface area contributed by atoms with Crippen molar-refractivity contribution in [1.29, 1.82) is 0 Å². The summed E-state index contributed by atoms with van der Waals surface area (Å²) >= 11 is 5.76. The summed E-state index contributed by atoms with van der Waals surface area (Å²) in [6, 6.07) is 7.60. The van der Waals surface area contributed by atoms with Crippen molar-refractivity contribution >= 4 is 11.6 Å². The van der Waals surface area contributed by atoms with E-state index in [1.807, 2.05) is 24.3 Å². The van der Waals surface area contributed by atoms with E-state index in [9.17, 15) is 0 Å². The highest BCUT2D eigenvalue weighted by molar-refractivity contribution is 6.29. The maximum absolute atomic E-state index is 5.76. The normalized spacial score (nSPS) is 9.92. The maximum atomic E-state index is 5.76. The van der Waals surface area contributed by atoms with E-state index in [0.29, 0.717) is 5.15 Å². The van der Waals surface area contributed by atoms with Crippen molar-refractivity contribution in [3.63, 3.8) is 0 Å². The SMILES string of the molecule is Clc1cc(-c2cccnc2)ccn1. The van der Waals surface area contributed by atoms with Crippen LogP contribution in [0.1, 0.15) is 0 Å². The van der Waals surface area contributed by atoms with Gasteiger partial charge in [0.15, 0.2) is 0 Å². The molecule has 2 nitrogen and oxygen atoms in total. The van der Waals surface area contributed by atoms with Crippen LogP contribution in [0.5, 0.6) is 0 Å². The van der Waals surface area contributed by atoms with E-state index in [0.717, 1.165) is 11.1 Å². The molecule has 13 heavy (non-hydrogen) atoms. The van der Waals surface area contributed by atoms with Gasteiger partial charge in [-0.25, -0.2) is 4.98 Å². The number of halogens is 1. The maximum Gasteiger partial charge on any atom is 0.129 e. The summed E-state index contributed by atoms with van der Waals surface area (Å²) in [5, 5.41) is 0.501. The van der Waals surface area contributed by atoms with E-state index in [-0.39, 0.29) is 0 Å². The van der Waals surface area contributed by atoms with Gasteiger partial charge >= 0.3 is 0 Å². The Morgan fingerprint density at radius 2 is 2.00 bits per heavy atom. The van der Waals surface area contributed by atoms with Crippen LogP contribution in [0.2, 0.25) is 5.15 Å². The zero-order chi connectivity index (χ0) is 9.10. The summed E-state index contributed by atoms with van der Waals surface area (Å²) in [6.45, 7) is 0. The summed E-state index contributed by atoms with van der Waals surface area (Å²) in [6.07, 6.45) is 5.22. The first-order chi connectivity index (χ1) is 6.36. The van der Waals surface area contributed by atoms with Gasteiger partial charge in [0.2, 0.25) is 0 Å². The molecule has 2 heterocycles. The van der Waals surface area contributed by atoms with Crippen molar-refractivity contribution in [2.24, 2.45) is 0 Å². The molecule has 3 heteroatoms. The van der Waals surface area contributed by atoms with Crippen LogP contribution in [-0.2, 0) is 0 Å². The Morgan fingerprint density at radius 1 is 1.08 bits per heavy atom. The zero-order valence-corrected chi connectivity index (χ0v) is 7.57. The van der Waals surface area contributed by atoms with E-state index >= 15 is 0 Å². The minimum absolute atomic E-state index is 0.501. The smallest absolute Gasteiger partial charge is 0.129 e. The summed E-state index contributed by atoms with van der Waals surface area (Å²) in [5.74, 6) is 0. The largest absolute Gasteiger partial charge is 0.264 e. The van der Waals surface area contributed by atoms with Crippen LogP contribution in [0.15, 0.2) is 42.9 Å². The molecule has 2 aromatic heterocycles. The zero-order valence-electron chi connectivity index (χ0n) is 6.81. The topological polar surface area (TPSA) is 25.8 Å². The van der Waals surface area contributed by atoms with Crippen molar-refractivity contribution in [3.8, 4) is 11.1 Å². The summed E-state index contributed by atoms with van der Waals surface area (Å²) in [4.78, 5) is 7.94. The molecule has 0 aromatic carbocycles. The van der Waals surface area contributed by atoms with Crippen molar-refractivity contribution in [1.82, 2.24) is 9.97 Å². The van der Waals surface area contributed by atoms with Gasteiger partial charge in [0.1, 0.15) is 5.15 Å². The monoisotopic (exact) mass is 190 g/mol. The van der Waals surface area contributed by atoms with Gasteiger partial charge in [-0.05, 0) is 23.8 Å². The molecule has 0 spiro atoms. The summed E-state index contributed by atoms with van der Waals surface area (Å²) in [7, 11) is 0. The molecule has 0 atom stereocenters. The third-order valence-corrected chi connectivity index (χ3v) is 1.93. The predicted molar refractivity (Wildman–Crippen MR) is 52.5 cm³/mol. The molecule has 0 aliphatic carbocycles. The highest BCUT2D eigenvalue weighted by atomic mass is 35.5. The fourth-order valence-electron chi connectivity index (χ4n) is 1.12. The Bertz CT molecular complexity index is 401. The lowest BCUT2D eigenvalue weighted by atomic mass is 10.1. The molecular weight excluding hydrogens is 184 g/mol. The molecule has 2 rings (SSSR count). The predicted octanol–water partition coefficient (Wildman–Crippen LogP) is 2.80. The summed E-state index contributed by atoms with van der Waals surface area (Å²) < 4.78 is 0. The minimum atomic E-state index is 0.501. The number of rotatable bonds is 1. The number of hydrogen-bond acceptors (Lipinski definition) is 2. The van der Waals surface area contributed by atoms with Gasteiger partial charge in [0.05, 0.1) is 0 Å². The molecule has 0 fully saturated rings. The van der Waals surface area contributed by atoms with Gasteiger partial charge in [-0.2, -0.15) is 0 Å². The van der Waals surface area contributed by atoms with Crippen LogP contribution in [-0.4, -0.2) is 9.97 Å². The second-order valence-corrected chi connectivity index (χ2v) is 3.00. The highest BCUT2D eigenvalue weighted by Crippen LogP contribution is 2.19. The first-order valence-corrected chi connectivity index (χ1v) is 4.26. The van der Waals surface area contributed by atoms with Crippen molar-refractivity contribution < 1.29 is 0 Å². The number of pyridine rings is 2. The molecule has 0 N–H and O–H groups in total. The molecule has 0 radical (unpaired) electrons. The fraction of sp³-hybridized carbons (Fsp3) is 0. The third-order valence-electron chi connectivity index (χ3n) is 1.72.